The van der Waals surface area contributed by atoms with Gasteiger partial charge in [0.1, 0.15) is 18.9 Å². The summed E-state index contributed by atoms with van der Waals surface area (Å²) in [5.41, 5.74) is 1.09. The van der Waals surface area contributed by atoms with E-state index in [1.165, 1.54) is 9.25 Å². The first-order chi connectivity index (χ1) is 20.2. The Morgan fingerprint density at radius 1 is 0.833 bits per heavy atom. The van der Waals surface area contributed by atoms with Gasteiger partial charge in [0, 0.05) is 11.6 Å². The van der Waals surface area contributed by atoms with Gasteiger partial charge in [-0.2, -0.15) is 0 Å². The molecule has 0 bridgehead atoms. The maximum absolute atomic E-state index is 13.5. The van der Waals surface area contributed by atoms with Crippen molar-refractivity contribution < 1.29 is 19.0 Å². The molecule has 0 atom stereocenters. The van der Waals surface area contributed by atoms with Crippen LogP contribution < -0.4 is 16.0 Å². The number of fused-ring (bicyclic) bond motifs is 1. The van der Waals surface area contributed by atoms with Gasteiger partial charge in [-0.15, -0.1) is 5.10 Å². The van der Waals surface area contributed by atoms with Gasteiger partial charge in [-0.25, -0.2) is 18.8 Å². The van der Waals surface area contributed by atoms with Crippen LogP contribution >= 0.6 is 0 Å². The van der Waals surface area contributed by atoms with Crippen LogP contribution in [0.3, 0.4) is 0 Å². The third-order valence-electron chi connectivity index (χ3n) is 6.38. The van der Waals surface area contributed by atoms with Crippen LogP contribution in [0, 0.1) is 0 Å². The molecule has 42 heavy (non-hydrogen) atoms. The van der Waals surface area contributed by atoms with Crippen molar-refractivity contribution in [3.05, 3.63) is 129 Å². The zero-order chi connectivity index (χ0) is 29.7. The average molecular weight is 569 g/mol. The molecule has 5 rings (SSSR count). The number of rotatable bonds is 9. The lowest BCUT2D eigenvalue weighted by Gasteiger charge is -2.19. The lowest BCUT2D eigenvalue weighted by molar-refractivity contribution is 0.0544. The topological polar surface area (TPSA) is 107 Å². The normalized spacial score (nSPS) is 11.5. The van der Waals surface area contributed by atoms with Crippen molar-refractivity contribution in [1.29, 1.82) is 0 Å². The van der Waals surface area contributed by atoms with Gasteiger partial charge in [0.05, 0.1) is 18.7 Å². The van der Waals surface area contributed by atoms with Crippen molar-refractivity contribution >= 4 is 17.0 Å². The van der Waals surface area contributed by atoms with Crippen molar-refractivity contribution in [2.24, 2.45) is 0 Å². The Morgan fingerprint density at radius 3 is 2.17 bits per heavy atom. The zero-order valence-corrected chi connectivity index (χ0v) is 23.7. The number of carbonyl (C=O) groups is 1. The lowest BCUT2D eigenvalue weighted by atomic mass is 10.1. The van der Waals surface area contributed by atoms with E-state index in [0.717, 1.165) is 21.1 Å². The zero-order valence-electron chi connectivity index (χ0n) is 23.7. The van der Waals surface area contributed by atoms with Crippen LogP contribution in [0.25, 0.3) is 10.9 Å². The van der Waals surface area contributed by atoms with E-state index in [-0.39, 0.29) is 32.4 Å². The Hall–Kier alpha value is -4.96. The molecule has 0 aliphatic rings. The summed E-state index contributed by atoms with van der Waals surface area (Å²) in [6.45, 7) is 5.46. The summed E-state index contributed by atoms with van der Waals surface area (Å²) in [6, 6.07) is 26.0. The Kier molecular flexibility index (Phi) is 8.35. The molecular weight excluding hydrogens is 536 g/mol. The summed E-state index contributed by atoms with van der Waals surface area (Å²) < 4.78 is 20.7. The van der Waals surface area contributed by atoms with Gasteiger partial charge in [0.25, 0.3) is 5.88 Å². The predicted molar refractivity (Wildman–Crippen MR) is 157 cm³/mol. The van der Waals surface area contributed by atoms with Crippen LogP contribution in [-0.2, 0) is 36.0 Å². The molecule has 0 N–H and O–H groups in total. The SMILES string of the molecule is CC(C)(C)OC(=O)n1ccc2c(Cn3nc(OCc4ccccc4)c(=O)n(COCc4ccccc4)c3=O)cccc21. The monoisotopic (exact) mass is 568 g/mol. The highest BCUT2D eigenvalue weighted by atomic mass is 16.6. The summed E-state index contributed by atoms with van der Waals surface area (Å²) in [5.74, 6) is -0.222. The molecule has 3 aromatic carbocycles. The number of hydrogen-bond donors (Lipinski definition) is 0. The van der Waals surface area contributed by atoms with E-state index in [2.05, 4.69) is 5.10 Å². The van der Waals surface area contributed by atoms with Crippen LogP contribution in [0.5, 0.6) is 5.88 Å². The standard InChI is InChI=1S/C32H32N4O6/c1-32(2,3)42-31(39)34-18-17-26-25(15-10-16-27(26)34)19-36-30(38)35(22-40-20-23-11-6-4-7-12-23)29(37)28(33-36)41-21-24-13-8-5-9-14-24/h4-18H,19-22H2,1-3H3. The second-order valence-corrected chi connectivity index (χ2v) is 10.7. The summed E-state index contributed by atoms with van der Waals surface area (Å²) in [5, 5.41) is 5.04. The highest BCUT2D eigenvalue weighted by molar-refractivity contribution is 5.91. The van der Waals surface area contributed by atoms with E-state index in [0.29, 0.717) is 11.1 Å². The molecule has 10 heteroatoms. The Bertz CT molecular complexity index is 1800. The smallest absolute Gasteiger partial charge is 0.418 e. The highest BCUT2D eigenvalue weighted by Gasteiger charge is 2.21. The van der Waals surface area contributed by atoms with Crippen LogP contribution in [0.4, 0.5) is 4.79 Å². The van der Waals surface area contributed by atoms with Crippen LogP contribution in [0.15, 0.2) is 101 Å². The molecular formula is C32H32N4O6. The van der Waals surface area contributed by atoms with Crippen molar-refractivity contribution in [2.75, 3.05) is 0 Å². The third kappa shape index (κ3) is 6.67. The maximum atomic E-state index is 13.5. The number of benzene rings is 3. The number of ether oxygens (including phenoxy) is 3. The van der Waals surface area contributed by atoms with E-state index in [4.69, 9.17) is 14.2 Å². The third-order valence-corrected chi connectivity index (χ3v) is 6.38. The van der Waals surface area contributed by atoms with Crippen LogP contribution in [-0.4, -0.2) is 30.6 Å². The minimum absolute atomic E-state index is 0.0230. The molecule has 5 aromatic rings. The molecule has 10 nitrogen and oxygen atoms in total. The molecule has 2 heterocycles. The Labute approximate surface area is 242 Å². The summed E-state index contributed by atoms with van der Waals surface area (Å²) >= 11 is 0. The van der Waals surface area contributed by atoms with Gasteiger partial charge in [0.2, 0.25) is 0 Å². The van der Waals surface area contributed by atoms with Gasteiger partial charge < -0.3 is 14.2 Å². The first-order valence-corrected chi connectivity index (χ1v) is 13.5. The number of aromatic nitrogens is 4. The second kappa shape index (κ2) is 12.3. The van der Waals surface area contributed by atoms with Crippen molar-refractivity contribution in [2.45, 2.75) is 52.9 Å². The van der Waals surface area contributed by atoms with Gasteiger partial charge >= 0.3 is 17.3 Å². The fourth-order valence-electron chi connectivity index (χ4n) is 4.40. The quantitative estimate of drug-likeness (QED) is 0.248. The largest absolute Gasteiger partial charge is 0.468 e. The summed E-state index contributed by atoms with van der Waals surface area (Å²) in [7, 11) is 0. The lowest BCUT2D eigenvalue weighted by Crippen LogP contribution is -2.42. The van der Waals surface area contributed by atoms with Gasteiger partial charge in [-0.05, 0) is 49.6 Å². The molecule has 0 spiro atoms. The molecule has 0 aliphatic carbocycles. The van der Waals surface area contributed by atoms with E-state index in [9.17, 15) is 14.4 Å². The van der Waals surface area contributed by atoms with Crippen LogP contribution in [0.1, 0.15) is 37.5 Å². The number of hydrogen-bond acceptors (Lipinski definition) is 7. The van der Waals surface area contributed by atoms with E-state index < -0.39 is 22.9 Å². The molecule has 0 saturated carbocycles. The van der Waals surface area contributed by atoms with Crippen molar-refractivity contribution in [1.82, 2.24) is 18.9 Å². The molecule has 0 radical (unpaired) electrons. The highest BCUT2D eigenvalue weighted by Crippen LogP contribution is 2.22. The first-order valence-electron chi connectivity index (χ1n) is 13.5. The van der Waals surface area contributed by atoms with Crippen LogP contribution in [0.2, 0.25) is 0 Å². The molecule has 0 fully saturated rings. The molecule has 0 saturated heterocycles. The Balaban J connectivity index is 1.47. The predicted octanol–water partition coefficient (Wildman–Crippen LogP) is 4.94. The number of carbonyl (C=O) groups excluding carboxylic acids is 1. The molecule has 0 amide bonds. The summed E-state index contributed by atoms with van der Waals surface area (Å²) in [4.78, 5) is 39.6. The van der Waals surface area contributed by atoms with E-state index in [1.807, 2.05) is 66.7 Å². The van der Waals surface area contributed by atoms with Crippen molar-refractivity contribution in [3.63, 3.8) is 0 Å². The summed E-state index contributed by atoms with van der Waals surface area (Å²) in [6.07, 6.45) is 1.12. The van der Waals surface area contributed by atoms with Gasteiger partial charge in [-0.3, -0.25) is 9.36 Å². The van der Waals surface area contributed by atoms with E-state index >= 15 is 0 Å². The number of nitrogens with zero attached hydrogens (tertiary/aromatic N) is 4. The van der Waals surface area contributed by atoms with Gasteiger partial charge in [0.15, 0.2) is 0 Å². The first kappa shape index (κ1) is 28.6. The fourth-order valence-corrected chi connectivity index (χ4v) is 4.40. The van der Waals surface area contributed by atoms with Gasteiger partial charge in [-0.1, -0.05) is 72.8 Å². The van der Waals surface area contributed by atoms with E-state index in [1.54, 1.807) is 45.2 Å². The van der Waals surface area contributed by atoms with Crippen molar-refractivity contribution in [3.8, 4) is 5.88 Å². The molecule has 216 valence electrons. The second-order valence-electron chi connectivity index (χ2n) is 10.7. The molecule has 0 unspecified atom stereocenters. The fraction of sp³-hybridized carbons (Fsp3) is 0.250. The Morgan fingerprint density at radius 2 is 1.50 bits per heavy atom. The molecule has 2 aromatic heterocycles. The minimum atomic E-state index is -0.686. The average Bonchev–Trinajstić information content (AvgIpc) is 3.41. The maximum Gasteiger partial charge on any atom is 0.418 e. The minimum Gasteiger partial charge on any atom is -0.468 e. The molecule has 0 aliphatic heterocycles.